The molecule has 1 fully saturated rings. The molecule has 0 amide bonds. The van der Waals surface area contributed by atoms with Crippen molar-refractivity contribution < 1.29 is 0 Å². The van der Waals surface area contributed by atoms with Crippen LogP contribution in [0, 0.1) is 18.3 Å². The van der Waals surface area contributed by atoms with Crippen LogP contribution in [0.1, 0.15) is 19.8 Å². The summed E-state index contributed by atoms with van der Waals surface area (Å²) in [5.74, 6) is 3.50. The number of hydrogen-bond donors (Lipinski definition) is 2. The van der Waals surface area contributed by atoms with Crippen molar-refractivity contribution in [1.29, 1.82) is 0 Å². The van der Waals surface area contributed by atoms with Gasteiger partial charge in [0.25, 0.3) is 0 Å². The summed E-state index contributed by atoms with van der Waals surface area (Å²) >= 11 is 0. The topological polar surface area (TPSA) is 24.1 Å². The van der Waals surface area contributed by atoms with Crippen LogP contribution in [0.4, 0.5) is 0 Å². The Balaban J connectivity index is 2.10. The molecule has 1 atom stereocenters. The highest BCUT2D eigenvalue weighted by molar-refractivity contribution is 4.95. The second-order valence-corrected chi connectivity index (χ2v) is 3.49. The van der Waals surface area contributed by atoms with Crippen LogP contribution in [0.5, 0.6) is 0 Å². The average molecular weight is 166 g/mol. The second kappa shape index (κ2) is 5.18. The van der Waals surface area contributed by atoms with Gasteiger partial charge in [-0.1, -0.05) is 5.92 Å². The quantitative estimate of drug-likeness (QED) is 0.600. The van der Waals surface area contributed by atoms with E-state index < -0.39 is 0 Å². The number of nitrogens with one attached hydrogen (secondary N) is 2. The molecule has 0 bridgehead atoms. The van der Waals surface area contributed by atoms with Gasteiger partial charge in [0.1, 0.15) is 0 Å². The van der Waals surface area contributed by atoms with E-state index >= 15 is 0 Å². The van der Waals surface area contributed by atoms with E-state index in [1.807, 2.05) is 6.92 Å². The van der Waals surface area contributed by atoms with Crippen molar-refractivity contribution in [3.63, 3.8) is 0 Å². The highest BCUT2D eigenvalue weighted by Crippen LogP contribution is 2.09. The third-order valence-electron chi connectivity index (χ3n) is 2.42. The standard InChI is InChI=1S/C10H18N2/c1-3-9(2)12-8-10-4-6-11-7-5-10/h1,9-12H,4-8H2,2H3. The first-order valence-electron chi connectivity index (χ1n) is 4.73. The lowest BCUT2D eigenvalue weighted by atomic mass is 9.98. The van der Waals surface area contributed by atoms with Crippen LogP contribution < -0.4 is 10.6 Å². The number of piperidine rings is 1. The molecule has 2 heteroatoms. The van der Waals surface area contributed by atoms with Crippen molar-refractivity contribution in [2.75, 3.05) is 19.6 Å². The molecule has 68 valence electrons. The molecule has 12 heavy (non-hydrogen) atoms. The largest absolute Gasteiger partial charge is 0.317 e. The molecule has 0 spiro atoms. The summed E-state index contributed by atoms with van der Waals surface area (Å²) in [6.45, 7) is 5.43. The first-order valence-corrected chi connectivity index (χ1v) is 4.73. The van der Waals surface area contributed by atoms with Crippen LogP contribution >= 0.6 is 0 Å². The maximum absolute atomic E-state index is 5.26. The molecule has 0 aromatic heterocycles. The molecule has 0 aromatic carbocycles. The Kier molecular flexibility index (Phi) is 4.13. The van der Waals surface area contributed by atoms with E-state index in [1.54, 1.807) is 0 Å². The molecular formula is C10H18N2. The predicted octanol–water partition coefficient (Wildman–Crippen LogP) is 0.597. The Labute approximate surface area is 75.1 Å². The summed E-state index contributed by atoms with van der Waals surface area (Å²) in [6.07, 6.45) is 7.83. The minimum absolute atomic E-state index is 0.222. The number of rotatable bonds is 3. The van der Waals surface area contributed by atoms with Gasteiger partial charge in [0, 0.05) is 0 Å². The Hall–Kier alpha value is -0.520. The average Bonchev–Trinajstić information content (AvgIpc) is 2.16. The summed E-state index contributed by atoms with van der Waals surface area (Å²) in [5, 5.41) is 6.69. The molecular weight excluding hydrogens is 148 g/mol. The van der Waals surface area contributed by atoms with Gasteiger partial charge in [-0.2, -0.15) is 0 Å². The molecule has 1 aliphatic heterocycles. The van der Waals surface area contributed by atoms with Crippen LogP contribution in [0.15, 0.2) is 0 Å². The second-order valence-electron chi connectivity index (χ2n) is 3.49. The highest BCUT2D eigenvalue weighted by Gasteiger charge is 2.12. The Bertz CT molecular complexity index is 154. The van der Waals surface area contributed by atoms with E-state index in [1.165, 1.54) is 12.8 Å². The van der Waals surface area contributed by atoms with Gasteiger partial charge in [0.2, 0.25) is 0 Å². The van der Waals surface area contributed by atoms with E-state index in [-0.39, 0.29) is 6.04 Å². The minimum Gasteiger partial charge on any atom is -0.317 e. The third-order valence-corrected chi connectivity index (χ3v) is 2.42. The summed E-state index contributed by atoms with van der Waals surface area (Å²) in [6, 6.07) is 0.222. The van der Waals surface area contributed by atoms with Gasteiger partial charge in [-0.3, -0.25) is 0 Å². The molecule has 0 aromatic rings. The lowest BCUT2D eigenvalue weighted by Gasteiger charge is -2.23. The van der Waals surface area contributed by atoms with E-state index in [0.717, 1.165) is 25.6 Å². The van der Waals surface area contributed by atoms with Crippen molar-refractivity contribution in [3.8, 4) is 12.3 Å². The smallest absolute Gasteiger partial charge is 0.0658 e. The lowest BCUT2D eigenvalue weighted by Crippen LogP contribution is -2.36. The molecule has 0 saturated carbocycles. The van der Waals surface area contributed by atoms with E-state index in [9.17, 15) is 0 Å². The molecule has 1 aliphatic rings. The highest BCUT2D eigenvalue weighted by atomic mass is 14.9. The van der Waals surface area contributed by atoms with Gasteiger partial charge in [0.15, 0.2) is 0 Å². The molecule has 2 nitrogen and oxygen atoms in total. The van der Waals surface area contributed by atoms with Gasteiger partial charge >= 0.3 is 0 Å². The Morgan fingerprint density at radius 1 is 1.58 bits per heavy atom. The van der Waals surface area contributed by atoms with Gasteiger partial charge in [-0.25, -0.2) is 0 Å². The van der Waals surface area contributed by atoms with Crippen molar-refractivity contribution in [2.24, 2.45) is 5.92 Å². The molecule has 0 aliphatic carbocycles. The van der Waals surface area contributed by atoms with Crippen molar-refractivity contribution in [2.45, 2.75) is 25.8 Å². The number of hydrogen-bond acceptors (Lipinski definition) is 2. The Morgan fingerprint density at radius 3 is 2.83 bits per heavy atom. The lowest BCUT2D eigenvalue weighted by molar-refractivity contribution is 0.353. The zero-order valence-electron chi connectivity index (χ0n) is 7.77. The summed E-state index contributed by atoms with van der Waals surface area (Å²) < 4.78 is 0. The van der Waals surface area contributed by atoms with E-state index in [2.05, 4.69) is 16.6 Å². The molecule has 1 heterocycles. The zero-order valence-corrected chi connectivity index (χ0v) is 7.77. The predicted molar refractivity (Wildman–Crippen MR) is 51.9 cm³/mol. The fourth-order valence-electron chi connectivity index (χ4n) is 1.49. The van der Waals surface area contributed by atoms with E-state index in [0.29, 0.717) is 0 Å². The fourth-order valence-corrected chi connectivity index (χ4v) is 1.49. The third kappa shape index (κ3) is 3.25. The van der Waals surface area contributed by atoms with Gasteiger partial charge in [-0.05, 0) is 45.3 Å². The first kappa shape index (κ1) is 9.57. The normalized spacial score (nSPS) is 21.7. The maximum Gasteiger partial charge on any atom is 0.0658 e. The van der Waals surface area contributed by atoms with Crippen LogP contribution in [0.2, 0.25) is 0 Å². The van der Waals surface area contributed by atoms with Gasteiger partial charge in [-0.15, -0.1) is 6.42 Å². The van der Waals surface area contributed by atoms with Crippen LogP contribution in [0.3, 0.4) is 0 Å². The molecule has 2 N–H and O–H groups in total. The van der Waals surface area contributed by atoms with Crippen LogP contribution in [-0.2, 0) is 0 Å². The summed E-state index contributed by atoms with van der Waals surface area (Å²) in [7, 11) is 0. The number of terminal acetylenes is 1. The zero-order chi connectivity index (χ0) is 8.81. The van der Waals surface area contributed by atoms with Gasteiger partial charge in [0.05, 0.1) is 6.04 Å². The van der Waals surface area contributed by atoms with Crippen molar-refractivity contribution in [3.05, 3.63) is 0 Å². The SMILES string of the molecule is C#CC(C)NCC1CCNCC1. The molecule has 1 unspecified atom stereocenters. The maximum atomic E-state index is 5.26. The molecule has 1 saturated heterocycles. The summed E-state index contributed by atoms with van der Waals surface area (Å²) in [4.78, 5) is 0. The monoisotopic (exact) mass is 166 g/mol. The van der Waals surface area contributed by atoms with Gasteiger partial charge < -0.3 is 10.6 Å². The van der Waals surface area contributed by atoms with Crippen molar-refractivity contribution in [1.82, 2.24) is 10.6 Å². The molecule has 1 rings (SSSR count). The fraction of sp³-hybridized carbons (Fsp3) is 0.800. The van der Waals surface area contributed by atoms with Crippen LogP contribution in [0.25, 0.3) is 0 Å². The van der Waals surface area contributed by atoms with Crippen LogP contribution in [-0.4, -0.2) is 25.7 Å². The van der Waals surface area contributed by atoms with E-state index in [4.69, 9.17) is 6.42 Å². The molecule has 0 radical (unpaired) electrons. The Morgan fingerprint density at radius 2 is 2.25 bits per heavy atom. The minimum atomic E-state index is 0.222. The summed E-state index contributed by atoms with van der Waals surface area (Å²) in [5.41, 5.74) is 0. The first-order chi connectivity index (χ1) is 5.83. The van der Waals surface area contributed by atoms with Crippen molar-refractivity contribution >= 4 is 0 Å².